The van der Waals surface area contributed by atoms with Crippen molar-refractivity contribution in [3.8, 4) is 0 Å². The van der Waals surface area contributed by atoms with Crippen molar-refractivity contribution in [2.45, 2.75) is 6.54 Å². The minimum Gasteiger partial charge on any atom is -0.324 e. The van der Waals surface area contributed by atoms with E-state index in [0.717, 1.165) is 11.3 Å². The second kappa shape index (κ2) is 2.83. The fourth-order valence-electron chi connectivity index (χ4n) is 1.17. The number of fused-ring (bicyclic) bond motifs is 1. The number of anilines is 1. The zero-order chi connectivity index (χ0) is 8.39. The molecule has 12 heavy (non-hydrogen) atoms. The predicted octanol–water partition coefficient (Wildman–Crippen LogP) is 0.947. The molecule has 0 radical (unpaired) electrons. The molecule has 1 aromatic rings. The standard InChI is InChI=1S/C8H9N3O/c12-11-8-9-5-6-3-1-2-4-7(6)10-8/h1-4,12H,5H2,(H2,9,10,11). The molecule has 1 heterocycles. The van der Waals surface area contributed by atoms with Gasteiger partial charge < -0.3 is 5.32 Å². The largest absolute Gasteiger partial charge is 0.324 e. The summed E-state index contributed by atoms with van der Waals surface area (Å²) in [7, 11) is 0. The molecule has 62 valence electrons. The number of para-hydroxylation sites is 1. The molecule has 4 heteroatoms. The molecule has 0 saturated heterocycles. The average molecular weight is 163 g/mol. The molecule has 0 spiro atoms. The monoisotopic (exact) mass is 163 g/mol. The molecule has 0 unspecified atom stereocenters. The molecular formula is C8H9N3O. The van der Waals surface area contributed by atoms with Crippen LogP contribution in [0.1, 0.15) is 5.56 Å². The second-order valence-electron chi connectivity index (χ2n) is 2.56. The quantitative estimate of drug-likeness (QED) is 0.499. The molecule has 1 aliphatic rings. The van der Waals surface area contributed by atoms with Gasteiger partial charge in [-0.25, -0.2) is 10.5 Å². The Morgan fingerprint density at radius 3 is 3.08 bits per heavy atom. The number of hydrogen-bond acceptors (Lipinski definition) is 4. The SMILES string of the molecule is ONC1=NCc2ccccc2N1. The van der Waals surface area contributed by atoms with Crippen molar-refractivity contribution >= 4 is 11.6 Å². The molecule has 0 aliphatic carbocycles. The third kappa shape index (κ3) is 1.12. The smallest absolute Gasteiger partial charge is 0.220 e. The lowest BCUT2D eigenvalue weighted by Crippen LogP contribution is -2.30. The van der Waals surface area contributed by atoms with Crippen LogP contribution in [0.2, 0.25) is 0 Å². The molecule has 0 atom stereocenters. The van der Waals surface area contributed by atoms with Crippen molar-refractivity contribution in [3.63, 3.8) is 0 Å². The number of nitrogens with one attached hydrogen (secondary N) is 2. The number of nitrogens with zero attached hydrogens (tertiary/aromatic N) is 1. The lowest BCUT2D eigenvalue weighted by atomic mass is 10.1. The van der Waals surface area contributed by atoms with E-state index in [1.807, 2.05) is 29.7 Å². The van der Waals surface area contributed by atoms with Gasteiger partial charge in [-0.15, -0.1) is 0 Å². The summed E-state index contributed by atoms with van der Waals surface area (Å²) in [6.07, 6.45) is 0. The summed E-state index contributed by atoms with van der Waals surface area (Å²) in [4.78, 5) is 4.03. The van der Waals surface area contributed by atoms with Crippen LogP contribution in [0.25, 0.3) is 0 Å². The van der Waals surface area contributed by atoms with Crippen LogP contribution in [-0.2, 0) is 6.54 Å². The van der Waals surface area contributed by atoms with Crippen LogP contribution in [-0.4, -0.2) is 11.2 Å². The summed E-state index contributed by atoms with van der Waals surface area (Å²) in [5.41, 5.74) is 4.11. The van der Waals surface area contributed by atoms with Crippen molar-refractivity contribution < 1.29 is 5.21 Å². The van der Waals surface area contributed by atoms with E-state index in [9.17, 15) is 0 Å². The molecule has 4 nitrogen and oxygen atoms in total. The van der Waals surface area contributed by atoms with Crippen molar-refractivity contribution in [1.29, 1.82) is 0 Å². The highest BCUT2D eigenvalue weighted by Gasteiger charge is 2.08. The van der Waals surface area contributed by atoms with Gasteiger partial charge in [-0.05, 0) is 11.6 Å². The molecule has 0 aromatic heterocycles. The number of hydrogen-bond donors (Lipinski definition) is 3. The Kier molecular flexibility index (Phi) is 1.68. The van der Waals surface area contributed by atoms with Crippen molar-refractivity contribution in [1.82, 2.24) is 5.48 Å². The zero-order valence-corrected chi connectivity index (χ0v) is 6.41. The Bertz CT molecular complexity index is 322. The third-order valence-electron chi connectivity index (χ3n) is 1.78. The van der Waals surface area contributed by atoms with Crippen LogP contribution >= 0.6 is 0 Å². The summed E-state index contributed by atoms with van der Waals surface area (Å²) < 4.78 is 0. The number of guanidine groups is 1. The number of aliphatic imine (C=N–C) groups is 1. The highest BCUT2D eigenvalue weighted by atomic mass is 16.5. The van der Waals surface area contributed by atoms with Gasteiger partial charge in [0.2, 0.25) is 5.96 Å². The summed E-state index contributed by atoms with van der Waals surface area (Å²) in [5, 5.41) is 11.5. The van der Waals surface area contributed by atoms with Crippen molar-refractivity contribution in [2.24, 2.45) is 4.99 Å². The van der Waals surface area contributed by atoms with E-state index < -0.39 is 0 Å². The van der Waals surface area contributed by atoms with Gasteiger partial charge in [-0.2, -0.15) is 0 Å². The van der Waals surface area contributed by atoms with Gasteiger partial charge in [0.25, 0.3) is 0 Å². The Labute approximate surface area is 69.9 Å². The second-order valence-corrected chi connectivity index (χ2v) is 2.56. The predicted molar refractivity (Wildman–Crippen MR) is 46.1 cm³/mol. The van der Waals surface area contributed by atoms with Gasteiger partial charge in [-0.3, -0.25) is 5.21 Å². The van der Waals surface area contributed by atoms with Crippen LogP contribution in [0.15, 0.2) is 29.3 Å². The first kappa shape index (κ1) is 7.12. The molecule has 1 aromatic carbocycles. The van der Waals surface area contributed by atoms with Gasteiger partial charge in [0.05, 0.1) is 6.54 Å². The number of benzene rings is 1. The first-order chi connectivity index (χ1) is 5.90. The molecule has 0 amide bonds. The highest BCUT2D eigenvalue weighted by Crippen LogP contribution is 2.18. The first-order valence-corrected chi connectivity index (χ1v) is 3.69. The molecule has 0 fully saturated rings. The van der Waals surface area contributed by atoms with Gasteiger partial charge in [0, 0.05) is 5.69 Å². The Morgan fingerprint density at radius 1 is 1.42 bits per heavy atom. The van der Waals surface area contributed by atoms with Crippen LogP contribution in [0.4, 0.5) is 5.69 Å². The summed E-state index contributed by atoms with van der Waals surface area (Å²) in [5.74, 6) is 0.397. The molecule has 0 bridgehead atoms. The van der Waals surface area contributed by atoms with Gasteiger partial charge in [0.1, 0.15) is 0 Å². The van der Waals surface area contributed by atoms with Gasteiger partial charge in [0.15, 0.2) is 0 Å². The molecule has 3 N–H and O–H groups in total. The fourth-order valence-corrected chi connectivity index (χ4v) is 1.17. The zero-order valence-electron chi connectivity index (χ0n) is 6.41. The van der Waals surface area contributed by atoms with Crippen LogP contribution in [0.5, 0.6) is 0 Å². The van der Waals surface area contributed by atoms with E-state index in [-0.39, 0.29) is 0 Å². The minimum absolute atomic E-state index is 0.397. The van der Waals surface area contributed by atoms with Crippen molar-refractivity contribution in [3.05, 3.63) is 29.8 Å². The first-order valence-electron chi connectivity index (χ1n) is 3.69. The summed E-state index contributed by atoms with van der Waals surface area (Å²) in [6, 6.07) is 7.85. The Morgan fingerprint density at radius 2 is 2.25 bits per heavy atom. The maximum Gasteiger partial charge on any atom is 0.220 e. The number of hydroxylamine groups is 1. The van der Waals surface area contributed by atoms with Crippen LogP contribution in [0, 0.1) is 0 Å². The topological polar surface area (TPSA) is 56.6 Å². The normalized spacial score (nSPS) is 14.2. The summed E-state index contributed by atoms with van der Waals surface area (Å²) in [6.45, 7) is 0.603. The lowest BCUT2D eigenvalue weighted by molar-refractivity contribution is 0.233. The van der Waals surface area contributed by atoms with Crippen LogP contribution in [0.3, 0.4) is 0 Å². The van der Waals surface area contributed by atoms with E-state index in [0.29, 0.717) is 12.5 Å². The van der Waals surface area contributed by atoms with Gasteiger partial charge >= 0.3 is 0 Å². The van der Waals surface area contributed by atoms with E-state index in [2.05, 4.69) is 10.3 Å². The van der Waals surface area contributed by atoms with Gasteiger partial charge in [-0.1, -0.05) is 18.2 Å². The van der Waals surface area contributed by atoms with Crippen molar-refractivity contribution in [2.75, 3.05) is 5.32 Å². The number of rotatable bonds is 0. The molecule has 1 aliphatic heterocycles. The lowest BCUT2D eigenvalue weighted by Gasteiger charge is -2.16. The minimum atomic E-state index is 0.397. The fraction of sp³-hybridized carbons (Fsp3) is 0.125. The summed E-state index contributed by atoms with van der Waals surface area (Å²) >= 11 is 0. The van der Waals surface area contributed by atoms with E-state index in [1.54, 1.807) is 0 Å². The molecule has 2 rings (SSSR count). The maximum atomic E-state index is 8.57. The third-order valence-corrected chi connectivity index (χ3v) is 1.78. The maximum absolute atomic E-state index is 8.57. The molecule has 0 saturated carbocycles. The van der Waals surface area contributed by atoms with Crippen LogP contribution < -0.4 is 10.8 Å². The average Bonchev–Trinajstić information content (AvgIpc) is 2.17. The van der Waals surface area contributed by atoms with E-state index >= 15 is 0 Å². The Balaban J connectivity index is 2.31. The highest BCUT2D eigenvalue weighted by molar-refractivity contribution is 5.94. The van der Waals surface area contributed by atoms with E-state index in [1.165, 1.54) is 0 Å². The molecular weight excluding hydrogens is 154 g/mol. The Hall–Kier alpha value is -1.55. The van der Waals surface area contributed by atoms with E-state index in [4.69, 9.17) is 5.21 Å².